The second kappa shape index (κ2) is 11.6. The van der Waals surface area contributed by atoms with E-state index in [4.69, 9.17) is 14.5 Å². The molecule has 0 saturated carbocycles. The minimum atomic E-state index is 0.291. The number of ether oxygens (including phenoxy) is 2. The summed E-state index contributed by atoms with van der Waals surface area (Å²) in [7, 11) is 0. The molecule has 1 aromatic rings. The Morgan fingerprint density at radius 1 is 1.37 bits per heavy atom. The van der Waals surface area contributed by atoms with Crippen LogP contribution in [0.25, 0.3) is 0 Å². The van der Waals surface area contributed by atoms with E-state index in [1.807, 2.05) is 11.3 Å². The highest BCUT2D eigenvalue weighted by Crippen LogP contribution is 2.28. The largest absolute Gasteiger partial charge is 0.377 e. The van der Waals surface area contributed by atoms with Gasteiger partial charge in [0.05, 0.1) is 31.9 Å². The normalized spacial score (nSPS) is 22.3. The molecule has 0 spiro atoms. The molecule has 152 valence electrons. The first-order chi connectivity index (χ1) is 13.4. The van der Waals surface area contributed by atoms with Crippen molar-refractivity contribution in [2.24, 2.45) is 4.99 Å². The Morgan fingerprint density at radius 3 is 2.96 bits per heavy atom. The first-order valence-corrected chi connectivity index (χ1v) is 11.2. The molecule has 27 heavy (non-hydrogen) atoms. The molecular formula is C20H34N4O2S. The van der Waals surface area contributed by atoms with Gasteiger partial charge in [-0.1, -0.05) is 6.07 Å². The van der Waals surface area contributed by atoms with Crippen LogP contribution in [0, 0.1) is 0 Å². The lowest BCUT2D eigenvalue weighted by Crippen LogP contribution is -2.40. The van der Waals surface area contributed by atoms with Gasteiger partial charge in [0.15, 0.2) is 5.96 Å². The van der Waals surface area contributed by atoms with Gasteiger partial charge < -0.3 is 20.1 Å². The fourth-order valence-corrected chi connectivity index (χ4v) is 4.52. The molecule has 7 heteroatoms. The van der Waals surface area contributed by atoms with Crippen molar-refractivity contribution >= 4 is 17.3 Å². The molecule has 2 aliphatic rings. The summed E-state index contributed by atoms with van der Waals surface area (Å²) in [6, 6.07) is 4.77. The third kappa shape index (κ3) is 6.75. The van der Waals surface area contributed by atoms with Crippen LogP contribution in [0.2, 0.25) is 0 Å². The van der Waals surface area contributed by atoms with Crippen LogP contribution in [0.5, 0.6) is 0 Å². The summed E-state index contributed by atoms with van der Waals surface area (Å²) in [6.45, 7) is 9.11. The van der Waals surface area contributed by atoms with Crippen molar-refractivity contribution < 1.29 is 9.47 Å². The van der Waals surface area contributed by atoms with E-state index >= 15 is 0 Å². The third-order valence-corrected chi connectivity index (χ3v) is 6.06. The van der Waals surface area contributed by atoms with E-state index in [0.29, 0.717) is 25.4 Å². The quantitative estimate of drug-likeness (QED) is 0.363. The van der Waals surface area contributed by atoms with Gasteiger partial charge in [0.2, 0.25) is 0 Å². The molecule has 2 fully saturated rings. The second-order valence-corrected chi connectivity index (χ2v) is 8.11. The Morgan fingerprint density at radius 2 is 2.26 bits per heavy atom. The Bertz CT molecular complexity index is 540. The zero-order valence-electron chi connectivity index (χ0n) is 16.5. The molecule has 2 aliphatic heterocycles. The topological polar surface area (TPSA) is 58.1 Å². The van der Waals surface area contributed by atoms with Crippen LogP contribution in [0.3, 0.4) is 0 Å². The van der Waals surface area contributed by atoms with E-state index in [9.17, 15) is 0 Å². The summed E-state index contributed by atoms with van der Waals surface area (Å²) in [5, 5.41) is 8.91. The monoisotopic (exact) mass is 394 g/mol. The van der Waals surface area contributed by atoms with Gasteiger partial charge in [-0.3, -0.25) is 9.89 Å². The molecule has 0 aromatic carbocycles. The Balaban J connectivity index is 1.45. The second-order valence-electron chi connectivity index (χ2n) is 7.13. The average molecular weight is 395 g/mol. The first kappa shape index (κ1) is 20.6. The lowest BCUT2D eigenvalue weighted by Gasteiger charge is -2.25. The number of guanidine groups is 1. The number of hydrogen-bond donors (Lipinski definition) is 2. The summed E-state index contributed by atoms with van der Waals surface area (Å²) >= 11 is 1.84. The molecule has 0 amide bonds. The van der Waals surface area contributed by atoms with Gasteiger partial charge in [0, 0.05) is 24.6 Å². The molecule has 3 heterocycles. The summed E-state index contributed by atoms with van der Waals surface area (Å²) in [4.78, 5) is 8.85. The van der Waals surface area contributed by atoms with E-state index in [-0.39, 0.29) is 0 Å². The first-order valence-electron chi connectivity index (χ1n) is 10.4. The number of rotatable bonds is 10. The van der Waals surface area contributed by atoms with E-state index in [1.54, 1.807) is 0 Å². The SMILES string of the molecule is CCNC(=NCC(c1cccs1)N1CCCC1)NCCOCC1CCCO1. The summed E-state index contributed by atoms with van der Waals surface area (Å²) in [5.74, 6) is 0.874. The fourth-order valence-electron chi connectivity index (χ4n) is 3.67. The minimum absolute atomic E-state index is 0.291. The predicted molar refractivity (Wildman–Crippen MR) is 112 cm³/mol. The van der Waals surface area contributed by atoms with Gasteiger partial charge >= 0.3 is 0 Å². The number of likely N-dealkylation sites (tertiary alicyclic amines) is 1. The molecule has 2 unspecified atom stereocenters. The number of aliphatic imine (C=N–C) groups is 1. The predicted octanol–water partition coefficient (Wildman–Crippen LogP) is 2.64. The zero-order valence-corrected chi connectivity index (χ0v) is 17.3. The van der Waals surface area contributed by atoms with Crippen molar-refractivity contribution in [3.05, 3.63) is 22.4 Å². The van der Waals surface area contributed by atoms with Crippen LogP contribution in [-0.4, -0.2) is 69.5 Å². The molecule has 1 aromatic heterocycles. The van der Waals surface area contributed by atoms with Crippen molar-refractivity contribution in [2.45, 2.75) is 44.8 Å². The van der Waals surface area contributed by atoms with Crippen LogP contribution in [0.4, 0.5) is 0 Å². The maximum Gasteiger partial charge on any atom is 0.191 e. The molecule has 2 atom stereocenters. The summed E-state index contributed by atoms with van der Waals surface area (Å²) in [5.41, 5.74) is 0. The van der Waals surface area contributed by atoms with Crippen LogP contribution >= 0.6 is 11.3 Å². The van der Waals surface area contributed by atoms with Gasteiger partial charge in [-0.15, -0.1) is 11.3 Å². The fraction of sp³-hybridized carbons (Fsp3) is 0.750. The number of nitrogens with zero attached hydrogens (tertiary/aromatic N) is 2. The van der Waals surface area contributed by atoms with E-state index in [0.717, 1.165) is 45.0 Å². The Kier molecular flexibility index (Phi) is 8.87. The third-order valence-electron chi connectivity index (χ3n) is 5.09. The maximum absolute atomic E-state index is 5.74. The van der Waals surface area contributed by atoms with E-state index < -0.39 is 0 Å². The zero-order chi connectivity index (χ0) is 18.7. The molecule has 2 saturated heterocycles. The Hall–Kier alpha value is -1.15. The average Bonchev–Trinajstić information content (AvgIpc) is 3.44. The lowest BCUT2D eigenvalue weighted by atomic mass is 10.2. The van der Waals surface area contributed by atoms with Gasteiger partial charge in [0.25, 0.3) is 0 Å². The van der Waals surface area contributed by atoms with Crippen molar-refractivity contribution in [2.75, 3.05) is 52.5 Å². The molecule has 6 nitrogen and oxygen atoms in total. The van der Waals surface area contributed by atoms with Crippen LogP contribution in [0.15, 0.2) is 22.5 Å². The van der Waals surface area contributed by atoms with Gasteiger partial charge in [-0.2, -0.15) is 0 Å². The van der Waals surface area contributed by atoms with Crippen LogP contribution < -0.4 is 10.6 Å². The molecule has 2 N–H and O–H groups in total. The smallest absolute Gasteiger partial charge is 0.191 e. The van der Waals surface area contributed by atoms with Crippen molar-refractivity contribution in [3.8, 4) is 0 Å². The van der Waals surface area contributed by atoms with Crippen LogP contribution in [0.1, 0.15) is 43.5 Å². The van der Waals surface area contributed by atoms with Crippen molar-refractivity contribution in [3.63, 3.8) is 0 Å². The minimum Gasteiger partial charge on any atom is -0.377 e. The Labute approximate surface area is 167 Å². The van der Waals surface area contributed by atoms with Gasteiger partial charge in [0.1, 0.15) is 0 Å². The van der Waals surface area contributed by atoms with Crippen molar-refractivity contribution in [1.29, 1.82) is 0 Å². The molecule has 0 radical (unpaired) electrons. The number of thiophene rings is 1. The summed E-state index contributed by atoms with van der Waals surface area (Å²) in [6.07, 6.45) is 5.17. The highest BCUT2D eigenvalue weighted by atomic mass is 32.1. The van der Waals surface area contributed by atoms with Gasteiger partial charge in [-0.25, -0.2) is 0 Å². The van der Waals surface area contributed by atoms with Crippen LogP contribution in [-0.2, 0) is 9.47 Å². The molecule has 0 bridgehead atoms. The highest BCUT2D eigenvalue weighted by Gasteiger charge is 2.24. The highest BCUT2D eigenvalue weighted by molar-refractivity contribution is 7.10. The maximum atomic E-state index is 5.74. The van der Waals surface area contributed by atoms with E-state index in [1.165, 1.54) is 30.8 Å². The molecule has 3 rings (SSSR count). The molecular weight excluding hydrogens is 360 g/mol. The van der Waals surface area contributed by atoms with Gasteiger partial charge in [-0.05, 0) is 57.1 Å². The molecule has 0 aliphatic carbocycles. The van der Waals surface area contributed by atoms with Crippen molar-refractivity contribution in [1.82, 2.24) is 15.5 Å². The number of hydrogen-bond acceptors (Lipinski definition) is 5. The number of nitrogens with one attached hydrogen (secondary N) is 2. The van der Waals surface area contributed by atoms with E-state index in [2.05, 4.69) is 40.0 Å². The standard InChI is InChI=1S/C20H34N4O2S/c1-2-21-20(22-9-13-25-16-17-7-5-12-26-17)23-15-18(19-8-6-14-27-19)24-10-3-4-11-24/h6,8,14,17-18H,2-5,7,9-13,15-16H2,1H3,(H2,21,22,23). The lowest BCUT2D eigenvalue weighted by molar-refractivity contribution is 0.0191. The summed E-state index contributed by atoms with van der Waals surface area (Å²) < 4.78 is 11.3.